The maximum atomic E-state index is 8.86. The number of nitrogens with zero attached hydrogens (tertiary/aromatic N) is 4. The summed E-state index contributed by atoms with van der Waals surface area (Å²) in [4.78, 5) is 5.56. The van der Waals surface area contributed by atoms with Gasteiger partial charge in [0, 0.05) is 5.38 Å². The van der Waals surface area contributed by atoms with Gasteiger partial charge in [-0.2, -0.15) is 15.0 Å². The van der Waals surface area contributed by atoms with Crippen LogP contribution in [0.25, 0.3) is 15.7 Å². The predicted octanol–water partition coefficient (Wildman–Crippen LogP) is 3.27. The Labute approximate surface area is 125 Å². The highest BCUT2D eigenvalue weighted by Gasteiger charge is 2.13. The highest BCUT2D eigenvalue weighted by atomic mass is 79.9. The number of halogens is 1. The van der Waals surface area contributed by atoms with Crippen LogP contribution in [-0.2, 0) is 0 Å². The van der Waals surface area contributed by atoms with Gasteiger partial charge in [-0.25, -0.2) is 4.98 Å². The quantitative estimate of drug-likeness (QED) is 0.768. The fraction of sp³-hybridized carbons (Fsp3) is 0. The van der Waals surface area contributed by atoms with E-state index in [1.807, 2.05) is 23.6 Å². The smallest absolute Gasteiger partial charge is 0.212 e. The predicted molar refractivity (Wildman–Crippen MR) is 79.4 cm³/mol. The molecule has 0 atom stereocenters. The summed E-state index contributed by atoms with van der Waals surface area (Å²) >= 11 is 6.47. The molecule has 0 saturated carbocycles. The van der Waals surface area contributed by atoms with Crippen LogP contribution in [0.4, 0.5) is 5.82 Å². The monoisotopic (exact) mass is 351 g/mol. The fourth-order valence-electron chi connectivity index (χ4n) is 1.52. The van der Waals surface area contributed by atoms with E-state index >= 15 is 0 Å². The van der Waals surface area contributed by atoms with E-state index in [2.05, 4.69) is 26.0 Å². The average Bonchev–Trinajstić information content (AvgIpc) is 3.08. The Morgan fingerprint density at radius 3 is 2.89 bits per heavy atom. The Kier molecular flexibility index (Phi) is 3.10. The summed E-state index contributed by atoms with van der Waals surface area (Å²) in [6.45, 7) is 0. The van der Waals surface area contributed by atoms with Crippen molar-refractivity contribution >= 4 is 44.4 Å². The lowest BCUT2D eigenvalue weighted by Gasteiger charge is -1.97. The van der Waals surface area contributed by atoms with Crippen molar-refractivity contribution in [2.75, 3.05) is 5.73 Å². The minimum Gasteiger partial charge on any atom is -0.382 e. The molecule has 94 valence electrons. The number of nitriles is 1. The van der Waals surface area contributed by atoms with Gasteiger partial charge in [0.25, 0.3) is 0 Å². The molecule has 8 heteroatoms. The Hall–Kier alpha value is -1.69. The normalized spacial score (nSPS) is 10.5. The Morgan fingerprint density at radius 1 is 1.42 bits per heavy atom. The molecule has 0 amide bonds. The van der Waals surface area contributed by atoms with Crippen molar-refractivity contribution in [3.8, 4) is 21.8 Å². The number of thiophene rings is 1. The molecular weight excluding hydrogens is 346 g/mol. The lowest BCUT2D eigenvalue weighted by Crippen LogP contribution is -2.01. The van der Waals surface area contributed by atoms with Gasteiger partial charge in [0.05, 0.1) is 20.6 Å². The first-order valence-corrected chi connectivity index (χ1v) is 7.63. The van der Waals surface area contributed by atoms with Crippen molar-refractivity contribution in [2.45, 2.75) is 0 Å². The molecule has 19 heavy (non-hydrogen) atoms. The summed E-state index contributed by atoms with van der Waals surface area (Å²) in [5, 5.41) is 15.5. The standard InChI is InChI=1S/C11H6BrN5S2/c12-9-2-1-8(19-9)7-5-18-11(16-7)17-10(14)6(3-13)4-15-17/h1-2,4-5H,14H2. The largest absolute Gasteiger partial charge is 0.382 e. The van der Waals surface area contributed by atoms with E-state index in [1.165, 1.54) is 22.2 Å². The second kappa shape index (κ2) is 4.77. The van der Waals surface area contributed by atoms with Crippen LogP contribution in [0.1, 0.15) is 5.56 Å². The summed E-state index contributed by atoms with van der Waals surface area (Å²) in [5.41, 5.74) is 7.07. The van der Waals surface area contributed by atoms with Crippen LogP contribution in [0.2, 0.25) is 0 Å². The molecule has 0 unspecified atom stereocenters. The van der Waals surface area contributed by atoms with E-state index < -0.39 is 0 Å². The number of hydrogen-bond acceptors (Lipinski definition) is 6. The summed E-state index contributed by atoms with van der Waals surface area (Å²) in [6, 6.07) is 5.97. The molecule has 0 aliphatic heterocycles. The van der Waals surface area contributed by atoms with Gasteiger partial charge < -0.3 is 5.73 Å². The number of hydrogen-bond donors (Lipinski definition) is 1. The van der Waals surface area contributed by atoms with E-state index in [-0.39, 0.29) is 0 Å². The van der Waals surface area contributed by atoms with Crippen molar-refractivity contribution in [1.29, 1.82) is 5.26 Å². The summed E-state index contributed by atoms with van der Waals surface area (Å²) < 4.78 is 2.54. The second-order valence-corrected chi connectivity index (χ2v) is 6.89. The van der Waals surface area contributed by atoms with E-state index in [0.29, 0.717) is 16.5 Å². The molecule has 3 rings (SSSR count). The Balaban J connectivity index is 2.02. The molecule has 0 aliphatic carbocycles. The molecule has 2 N–H and O–H groups in total. The number of aromatic nitrogens is 3. The molecule has 3 heterocycles. The highest BCUT2D eigenvalue weighted by molar-refractivity contribution is 9.11. The molecular formula is C11H6BrN5S2. The number of rotatable bonds is 2. The minimum atomic E-state index is 0.316. The minimum absolute atomic E-state index is 0.316. The van der Waals surface area contributed by atoms with Crippen LogP contribution < -0.4 is 5.73 Å². The SMILES string of the molecule is N#Cc1cnn(-c2nc(-c3ccc(Br)s3)cs2)c1N. The van der Waals surface area contributed by atoms with Crippen LogP contribution >= 0.6 is 38.6 Å². The molecule has 5 nitrogen and oxygen atoms in total. The highest BCUT2D eigenvalue weighted by Crippen LogP contribution is 2.33. The van der Waals surface area contributed by atoms with Crippen LogP contribution in [0.5, 0.6) is 0 Å². The third kappa shape index (κ3) is 2.16. The Bertz CT molecular complexity index is 779. The molecule has 0 saturated heterocycles. The van der Waals surface area contributed by atoms with Gasteiger partial charge in [-0.3, -0.25) is 0 Å². The van der Waals surface area contributed by atoms with Gasteiger partial charge in [-0.05, 0) is 28.1 Å². The van der Waals surface area contributed by atoms with E-state index in [1.54, 1.807) is 11.3 Å². The number of nitrogens with two attached hydrogens (primary N) is 1. The first-order chi connectivity index (χ1) is 9.19. The topological polar surface area (TPSA) is 80.5 Å². The molecule has 3 aromatic rings. The first kappa shape index (κ1) is 12.3. The fourth-order valence-corrected chi connectivity index (χ4v) is 3.74. The average molecular weight is 352 g/mol. The zero-order valence-corrected chi connectivity index (χ0v) is 12.6. The third-order valence-electron chi connectivity index (χ3n) is 2.43. The lowest BCUT2D eigenvalue weighted by atomic mass is 10.4. The Morgan fingerprint density at radius 2 is 2.26 bits per heavy atom. The van der Waals surface area contributed by atoms with Crippen molar-refractivity contribution in [2.24, 2.45) is 0 Å². The lowest BCUT2D eigenvalue weighted by molar-refractivity contribution is 0.881. The van der Waals surface area contributed by atoms with Gasteiger partial charge >= 0.3 is 0 Å². The summed E-state index contributed by atoms with van der Waals surface area (Å²) in [5.74, 6) is 0.316. The summed E-state index contributed by atoms with van der Waals surface area (Å²) in [6.07, 6.45) is 1.44. The van der Waals surface area contributed by atoms with E-state index in [0.717, 1.165) is 14.4 Å². The van der Waals surface area contributed by atoms with Gasteiger partial charge in [0.1, 0.15) is 17.5 Å². The molecule has 0 bridgehead atoms. The van der Waals surface area contributed by atoms with Crippen molar-refractivity contribution < 1.29 is 0 Å². The third-order valence-corrected chi connectivity index (χ3v) is 4.89. The van der Waals surface area contributed by atoms with E-state index in [4.69, 9.17) is 11.0 Å². The number of thiazole rings is 1. The van der Waals surface area contributed by atoms with Crippen LogP contribution in [0.3, 0.4) is 0 Å². The van der Waals surface area contributed by atoms with Gasteiger partial charge in [0.15, 0.2) is 0 Å². The van der Waals surface area contributed by atoms with Gasteiger partial charge in [0.2, 0.25) is 5.13 Å². The first-order valence-electron chi connectivity index (χ1n) is 5.14. The van der Waals surface area contributed by atoms with Crippen molar-refractivity contribution in [3.05, 3.63) is 33.1 Å². The van der Waals surface area contributed by atoms with Crippen molar-refractivity contribution in [3.63, 3.8) is 0 Å². The van der Waals surface area contributed by atoms with Crippen LogP contribution in [-0.4, -0.2) is 14.8 Å². The number of anilines is 1. The molecule has 0 aliphatic rings. The maximum absolute atomic E-state index is 8.86. The van der Waals surface area contributed by atoms with Gasteiger partial charge in [-0.1, -0.05) is 0 Å². The van der Waals surface area contributed by atoms with Crippen LogP contribution in [0, 0.1) is 11.3 Å². The molecule has 0 radical (unpaired) electrons. The van der Waals surface area contributed by atoms with Crippen LogP contribution in [0.15, 0.2) is 27.5 Å². The molecule has 0 fully saturated rings. The second-order valence-electron chi connectivity index (χ2n) is 3.59. The number of nitrogen functional groups attached to an aromatic ring is 1. The molecule has 3 aromatic heterocycles. The van der Waals surface area contributed by atoms with E-state index in [9.17, 15) is 0 Å². The van der Waals surface area contributed by atoms with Gasteiger partial charge in [-0.15, -0.1) is 22.7 Å². The zero-order valence-electron chi connectivity index (χ0n) is 9.37. The van der Waals surface area contributed by atoms with Crippen molar-refractivity contribution in [1.82, 2.24) is 14.8 Å². The molecule has 0 aromatic carbocycles. The maximum Gasteiger partial charge on any atom is 0.212 e. The summed E-state index contributed by atoms with van der Waals surface area (Å²) in [7, 11) is 0. The molecule has 0 spiro atoms. The zero-order chi connectivity index (χ0) is 13.4.